The van der Waals surface area contributed by atoms with Gasteiger partial charge in [-0.25, -0.2) is 0 Å². The summed E-state index contributed by atoms with van der Waals surface area (Å²) in [4.78, 5) is 13.8. The molecule has 1 aliphatic rings. The van der Waals surface area contributed by atoms with Crippen molar-refractivity contribution in [3.63, 3.8) is 0 Å². The Hall–Kier alpha value is -1.35. The highest BCUT2D eigenvalue weighted by molar-refractivity contribution is 5.99. The Morgan fingerprint density at radius 1 is 1.29 bits per heavy atom. The molecule has 0 fully saturated rings. The number of hydrogen-bond donors (Lipinski definition) is 1. The monoisotopic (exact) mass is 233 g/mol. The van der Waals surface area contributed by atoms with E-state index in [1.54, 1.807) is 11.0 Å². The van der Waals surface area contributed by atoms with Gasteiger partial charge >= 0.3 is 0 Å². The number of aliphatic hydroxyl groups is 1. The minimum Gasteiger partial charge on any atom is -0.366 e. The zero-order valence-corrected chi connectivity index (χ0v) is 10.8. The van der Waals surface area contributed by atoms with Gasteiger partial charge in [0.05, 0.1) is 0 Å². The van der Waals surface area contributed by atoms with Crippen molar-refractivity contribution in [3.8, 4) is 0 Å². The van der Waals surface area contributed by atoms with Crippen LogP contribution < -0.4 is 0 Å². The van der Waals surface area contributed by atoms with Crippen molar-refractivity contribution in [2.24, 2.45) is 5.41 Å². The molecule has 0 saturated carbocycles. The van der Waals surface area contributed by atoms with Crippen LogP contribution in [0.5, 0.6) is 0 Å². The van der Waals surface area contributed by atoms with Crippen molar-refractivity contribution in [2.75, 3.05) is 6.54 Å². The number of nitrogens with zero attached hydrogens (tertiary/aromatic N) is 1. The molecule has 1 aromatic rings. The first-order valence-electron chi connectivity index (χ1n) is 5.98. The highest BCUT2D eigenvalue weighted by atomic mass is 16.3. The Bertz CT molecular complexity index is 462. The smallest absolute Gasteiger partial charge is 0.256 e. The number of hydrogen-bond acceptors (Lipinski definition) is 2. The Morgan fingerprint density at radius 3 is 2.41 bits per heavy atom. The van der Waals surface area contributed by atoms with Crippen molar-refractivity contribution in [1.29, 1.82) is 0 Å². The summed E-state index contributed by atoms with van der Waals surface area (Å²) in [6.45, 7) is 8.24. The van der Waals surface area contributed by atoms with Gasteiger partial charge in [0.1, 0.15) is 0 Å². The van der Waals surface area contributed by atoms with Crippen LogP contribution in [0.1, 0.15) is 43.6 Å². The van der Waals surface area contributed by atoms with E-state index in [-0.39, 0.29) is 5.91 Å². The standard InChI is InChI=1S/C14H19NO2/c1-5-15-12(16)10-8-6-7-9-11(10)14(15,17)13(2,3)4/h6-9,17H,5H2,1-4H3/t14-/m1/s1. The summed E-state index contributed by atoms with van der Waals surface area (Å²) in [5.74, 6) is -0.0828. The summed E-state index contributed by atoms with van der Waals surface area (Å²) in [6.07, 6.45) is 0. The van der Waals surface area contributed by atoms with E-state index in [1.807, 2.05) is 45.9 Å². The second kappa shape index (κ2) is 3.57. The first-order chi connectivity index (χ1) is 7.84. The van der Waals surface area contributed by atoms with E-state index in [1.165, 1.54) is 0 Å². The van der Waals surface area contributed by atoms with E-state index >= 15 is 0 Å². The Labute approximate surface area is 102 Å². The van der Waals surface area contributed by atoms with Crippen LogP contribution in [0.25, 0.3) is 0 Å². The third kappa shape index (κ3) is 1.42. The normalized spacial score (nSPS) is 24.1. The lowest BCUT2D eigenvalue weighted by Gasteiger charge is -2.43. The van der Waals surface area contributed by atoms with Gasteiger partial charge in [-0.1, -0.05) is 39.0 Å². The molecule has 0 saturated heterocycles. The first-order valence-corrected chi connectivity index (χ1v) is 5.98. The van der Waals surface area contributed by atoms with Gasteiger partial charge in [0, 0.05) is 23.1 Å². The van der Waals surface area contributed by atoms with Crippen molar-refractivity contribution < 1.29 is 9.90 Å². The molecule has 92 valence electrons. The molecule has 0 bridgehead atoms. The maximum atomic E-state index is 12.3. The lowest BCUT2D eigenvalue weighted by atomic mass is 9.78. The topological polar surface area (TPSA) is 40.5 Å². The minimum absolute atomic E-state index is 0.0828. The second-order valence-electron chi connectivity index (χ2n) is 5.52. The summed E-state index contributed by atoms with van der Waals surface area (Å²) in [5.41, 5.74) is -0.299. The molecule has 1 heterocycles. The van der Waals surface area contributed by atoms with E-state index in [4.69, 9.17) is 0 Å². The quantitative estimate of drug-likeness (QED) is 0.809. The van der Waals surface area contributed by atoms with E-state index in [0.29, 0.717) is 12.1 Å². The number of rotatable bonds is 1. The zero-order valence-electron chi connectivity index (χ0n) is 10.8. The molecule has 3 heteroatoms. The van der Waals surface area contributed by atoms with Crippen LogP contribution >= 0.6 is 0 Å². The van der Waals surface area contributed by atoms with E-state index in [9.17, 15) is 9.90 Å². The lowest BCUT2D eigenvalue weighted by molar-refractivity contribution is -0.157. The van der Waals surface area contributed by atoms with Gasteiger partial charge in [-0.3, -0.25) is 4.79 Å². The first kappa shape index (κ1) is 12.1. The van der Waals surface area contributed by atoms with Gasteiger partial charge in [0.2, 0.25) is 0 Å². The van der Waals surface area contributed by atoms with Crippen molar-refractivity contribution in [1.82, 2.24) is 4.90 Å². The molecule has 1 aliphatic heterocycles. The third-order valence-corrected chi connectivity index (χ3v) is 3.53. The van der Waals surface area contributed by atoms with E-state index in [2.05, 4.69) is 0 Å². The number of fused-ring (bicyclic) bond motifs is 1. The average Bonchev–Trinajstić information content (AvgIpc) is 2.49. The molecule has 1 N–H and O–H groups in total. The van der Waals surface area contributed by atoms with Gasteiger partial charge in [0.15, 0.2) is 5.72 Å². The van der Waals surface area contributed by atoms with Crippen LogP contribution in [-0.2, 0) is 5.72 Å². The highest BCUT2D eigenvalue weighted by Crippen LogP contribution is 2.48. The van der Waals surface area contributed by atoms with Crippen LogP contribution in [-0.4, -0.2) is 22.5 Å². The van der Waals surface area contributed by atoms with Gasteiger partial charge in [-0.05, 0) is 13.0 Å². The molecular formula is C14H19NO2. The van der Waals surface area contributed by atoms with E-state index < -0.39 is 11.1 Å². The van der Waals surface area contributed by atoms with Gasteiger partial charge in [-0.15, -0.1) is 0 Å². The van der Waals surface area contributed by atoms with Gasteiger partial charge in [-0.2, -0.15) is 0 Å². The average molecular weight is 233 g/mol. The van der Waals surface area contributed by atoms with Gasteiger partial charge in [0.25, 0.3) is 5.91 Å². The molecule has 3 nitrogen and oxygen atoms in total. The summed E-state index contributed by atoms with van der Waals surface area (Å²) < 4.78 is 0. The largest absolute Gasteiger partial charge is 0.366 e. The molecule has 0 aromatic heterocycles. The molecule has 1 atom stereocenters. The van der Waals surface area contributed by atoms with Crippen molar-refractivity contribution >= 4 is 5.91 Å². The fourth-order valence-corrected chi connectivity index (χ4v) is 2.59. The Kier molecular flexibility index (Phi) is 2.54. The Balaban J connectivity index is 2.70. The fourth-order valence-electron chi connectivity index (χ4n) is 2.59. The van der Waals surface area contributed by atoms with Crippen LogP contribution in [0, 0.1) is 5.41 Å². The number of amides is 1. The van der Waals surface area contributed by atoms with Gasteiger partial charge < -0.3 is 10.0 Å². The number of benzene rings is 1. The molecule has 1 aromatic carbocycles. The number of carbonyl (C=O) groups is 1. The Morgan fingerprint density at radius 2 is 1.88 bits per heavy atom. The molecule has 0 radical (unpaired) electrons. The maximum Gasteiger partial charge on any atom is 0.256 e. The molecule has 0 spiro atoms. The summed E-state index contributed by atoms with van der Waals surface area (Å²) in [6, 6.07) is 7.32. The predicted molar refractivity (Wildman–Crippen MR) is 66.5 cm³/mol. The van der Waals surface area contributed by atoms with E-state index in [0.717, 1.165) is 5.56 Å². The summed E-state index contributed by atoms with van der Waals surface area (Å²) in [5, 5.41) is 11.0. The lowest BCUT2D eigenvalue weighted by Crippen LogP contribution is -2.52. The molecule has 0 unspecified atom stereocenters. The van der Waals surface area contributed by atoms with Crippen LogP contribution in [0.3, 0.4) is 0 Å². The molecule has 0 aliphatic carbocycles. The number of carbonyl (C=O) groups excluding carboxylic acids is 1. The summed E-state index contributed by atoms with van der Waals surface area (Å²) in [7, 11) is 0. The second-order valence-corrected chi connectivity index (χ2v) is 5.52. The minimum atomic E-state index is -1.21. The predicted octanol–water partition coefficient (Wildman–Crippen LogP) is 2.35. The van der Waals surface area contributed by atoms with Crippen LogP contribution in [0.15, 0.2) is 24.3 Å². The van der Waals surface area contributed by atoms with Crippen molar-refractivity contribution in [2.45, 2.75) is 33.4 Å². The van der Waals surface area contributed by atoms with Crippen LogP contribution in [0.2, 0.25) is 0 Å². The molecule has 1 amide bonds. The maximum absolute atomic E-state index is 12.3. The zero-order chi connectivity index (χ0) is 12.8. The summed E-state index contributed by atoms with van der Waals surface area (Å²) >= 11 is 0. The fraction of sp³-hybridized carbons (Fsp3) is 0.500. The third-order valence-electron chi connectivity index (χ3n) is 3.53. The van der Waals surface area contributed by atoms with Crippen molar-refractivity contribution in [3.05, 3.63) is 35.4 Å². The molecule has 2 rings (SSSR count). The van der Waals surface area contributed by atoms with Crippen LogP contribution in [0.4, 0.5) is 0 Å². The SMILES string of the molecule is CCN1C(=O)c2ccccc2[C@@]1(O)C(C)(C)C. The highest BCUT2D eigenvalue weighted by Gasteiger charge is 2.54. The molecular weight excluding hydrogens is 214 g/mol. The molecule has 17 heavy (non-hydrogen) atoms.